The average molecular weight is 605 g/mol. The van der Waals surface area contributed by atoms with E-state index < -0.39 is 24.6 Å². The van der Waals surface area contributed by atoms with Gasteiger partial charge in [0.25, 0.3) is 5.56 Å². The SMILES string of the molecule is CCOc1ccc([C@@H]2C(C(=O)OC(C)C)=C(C)N=c3s/c(=C/c4cc(Cl)c(OCC(=O)O)c(Cl)c4)c(=O)n32)cc1. The first kappa shape index (κ1) is 29.4. The Morgan fingerprint density at radius 2 is 1.80 bits per heavy atom. The molecule has 0 radical (unpaired) electrons. The molecule has 40 heavy (non-hydrogen) atoms. The molecule has 0 saturated carbocycles. The van der Waals surface area contributed by atoms with E-state index in [9.17, 15) is 14.4 Å². The molecule has 0 spiro atoms. The number of carboxylic acid groups (broad SMARTS) is 1. The van der Waals surface area contributed by atoms with Crippen LogP contribution in [0.15, 0.2) is 57.5 Å². The van der Waals surface area contributed by atoms with Gasteiger partial charge in [0, 0.05) is 0 Å². The summed E-state index contributed by atoms with van der Waals surface area (Å²) in [5.74, 6) is -1.04. The zero-order valence-electron chi connectivity index (χ0n) is 22.1. The second-order valence-corrected chi connectivity index (χ2v) is 10.9. The number of aliphatic carboxylic acids is 1. The first-order valence-electron chi connectivity index (χ1n) is 12.3. The number of hydrogen-bond acceptors (Lipinski definition) is 8. The predicted molar refractivity (Wildman–Crippen MR) is 152 cm³/mol. The molecule has 0 saturated heterocycles. The van der Waals surface area contributed by atoms with Gasteiger partial charge in [-0.25, -0.2) is 14.6 Å². The van der Waals surface area contributed by atoms with Crippen molar-refractivity contribution in [1.29, 1.82) is 0 Å². The van der Waals surface area contributed by atoms with Crippen LogP contribution in [0.4, 0.5) is 0 Å². The fourth-order valence-corrected chi connectivity index (χ4v) is 5.83. The number of nitrogens with zero attached hydrogens (tertiary/aromatic N) is 2. The lowest BCUT2D eigenvalue weighted by Gasteiger charge is -2.25. The summed E-state index contributed by atoms with van der Waals surface area (Å²) in [6, 6.07) is 9.44. The van der Waals surface area contributed by atoms with Crippen molar-refractivity contribution in [3.05, 3.63) is 88.5 Å². The molecular weight excluding hydrogens is 579 g/mol. The number of rotatable bonds is 9. The van der Waals surface area contributed by atoms with Gasteiger partial charge in [0.1, 0.15) is 5.75 Å². The number of benzene rings is 2. The number of halogens is 2. The highest BCUT2D eigenvalue weighted by molar-refractivity contribution is 7.07. The van der Waals surface area contributed by atoms with Crippen LogP contribution in [0.1, 0.15) is 44.9 Å². The first-order valence-corrected chi connectivity index (χ1v) is 13.9. The molecule has 0 bridgehead atoms. The summed E-state index contributed by atoms with van der Waals surface area (Å²) < 4.78 is 18.1. The molecule has 1 aromatic heterocycles. The van der Waals surface area contributed by atoms with E-state index in [0.717, 1.165) is 11.3 Å². The molecule has 12 heteroatoms. The normalized spacial score (nSPS) is 15.1. The highest BCUT2D eigenvalue weighted by Crippen LogP contribution is 2.35. The maximum Gasteiger partial charge on any atom is 0.341 e. The Kier molecular flexibility index (Phi) is 9.02. The number of thiazole rings is 1. The number of carboxylic acids is 1. The van der Waals surface area contributed by atoms with Crippen molar-refractivity contribution in [3.63, 3.8) is 0 Å². The highest BCUT2D eigenvalue weighted by atomic mass is 35.5. The van der Waals surface area contributed by atoms with Gasteiger partial charge in [0.2, 0.25) is 0 Å². The van der Waals surface area contributed by atoms with Crippen LogP contribution >= 0.6 is 34.5 Å². The van der Waals surface area contributed by atoms with Crippen molar-refractivity contribution in [2.75, 3.05) is 13.2 Å². The summed E-state index contributed by atoms with van der Waals surface area (Å²) in [6.07, 6.45) is 1.23. The molecule has 9 nitrogen and oxygen atoms in total. The van der Waals surface area contributed by atoms with Gasteiger partial charge in [0.15, 0.2) is 17.2 Å². The van der Waals surface area contributed by atoms with E-state index in [4.69, 9.17) is 42.5 Å². The van der Waals surface area contributed by atoms with Crippen LogP contribution in [0.3, 0.4) is 0 Å². The monoisotopic (exact) mass is 604 g/mol. The number of hydrogen-bond donors (Lipinski definition) is 1. The lowest BCUT2D eigenvalue weighted by atomic mass is 9.96. The van der Waals surface area contributed by atoms with Crippen molar-refractivity contribution in [2.24, 2.45) is 4.99 Å². The van der Waals surface area contributed by atoms with Gasteiger partial charge >= 0.3 is 11.9 Å². The minimum Gasteiger partial charge on any atom is -0.494 e. The molecule has 0 aliphatic carbocycles. The molecule has 2 heterocycles. The fourth-order valence-electron chi connectivity index (χ4n) is 4.17. The summed E-state index contributed by atoms with van der Waals surface area (Å²) in [5.41, 5.74) is 1.53. The lowest BCUT2D eigenvalue weighted by Crippen LogP contribution is -2.40. The van der Waals surface area contributed by atoms with Gasteiger partial charge < -0.3 is 19.3 Å². The smallest absolute Gasteiger partial charge is 0.341 e. The number of aromatic nitrogens is 1. The Hall–Kier alpha value is -3.60. The Morgan fingerprint density at radius 1 is 1.15 bits per heavy atom. The Bertz CT molecular complexity index is 1650. The number of fused-ring (bicyclic) bond motifs is 1. The molecule has 1 atom stereocenters. The molecule has 1 N–H and O–H groups in total. The van der Waals surface area contributed by atoms with E-state index in [2.05, 4.69) is 4.99 Å². The van der Waals surface area contributed by atoms with Crippen LogP contribution < -0.4 is 24.4 Å². The summed E-state index contributed by atoms with van der Waals surface area (Å²) in [7, 11) is 0. The second kappa shape index (κ2) is 12.3. The summed E-state index contributed by atoms with van der Waals surface area (Å²) in [4.78, 5) is 42.9. The first-order chi connectivity index (χ1) is 19.0. The molecule has 3 aromatic rings. The second-order valence-electron chi connectivity index (χ2n) is 9.03. The summed E-state index contributed by atoms with van der Waals surface area (Å²) >= 11 is 13.7. The highest BCUT2D eigenvalue weighted by Gasteiger charge is 2.33. The van der Waals surface area contributed by atoms with Crippen LogP contribution in [0.2, 0.25) is 10.0 Å². The molecule has 0 fully saturated rings. The van der Waals surface area contributed by atoms with Crippen LogP contribution in [-0.2, 0) is 14.3 Å². The van der Waals surface area contributed by atoms with E-state index in [1.807, 2.05) is 19.1 Å². The summed E-state index contributed by atoms with van der Waals surface area (Å²) in [6.45, 7) is 7.00. The molecule has 4 rings (SSSR count). The minimum absolute atomic E-state index is 0.0313. The van der Waals surface area contributed by atoms with E-state index in [1.54, 1.807) is 39.0 Å². The van der Waals surface area contributed by atoms with Gasteiger partial charge in [-0.15, -0.1) is 0 Å². The van der Waals surface area contributed by atoms with E-state index in [-0.39, 0.29) is 33.0 Å². The third-order valence-corrected chi connectivity index (χ3v) is 7.29. The van der Waals surface area contributed by atoms with E-state index in [0.29, 0.717) is 38.5 Å². The molecule has 0 unspecified atom stereocenters. The topological polar surface area (TPSA) is 116 Å². The van der Waals surface area contributed by atoms with Gasteiger partial charge in [-0.2, -0.15) is 0 Å². The lowest BCUT2D eigenvalue weighted by molar-refractivity contribution is -0.143. The quantitative estimate of drug-likeness (QED) is 0.361. The molecule has 210 valence electrons. The Balaban J connectivity index is 1.85. The number of ether oxygens (including phenoxy) is 3. The van der Waals surface area contributed by atoms with Gasteiger partial charge in [-0.05, 0) is 69.2 Å². The zero-order chi connectivity index (χ0) is 29.1. The van der Waals surface area contributed by atoms with Crippen molar-refractivity contribution >= 4 is 52.6 Å². The van der Waals surface area contributed by atoms with E-state index >= 15 is 0 Å². The van der Waals surface area contributed by atoms with E-state index in [1.165, 1.54) is 16.7 Å². The Morgan fingerprint density at radius 3 is 2.38 bits per heavy atom. The average Bonchev–Trinajstić information content (AvgIpc) is 3.17. The number of carbonyl (C=O) groups is 2. The van der Waals surface area contributed by atoms with Gasteiger partial charge in [-0.3, -0.25) is 9.36 Å². The Labute approximate surface area is 243 Å². The number of esters is 1. The predicted octanol–water partition coefficient (Wildman–Crippen LogP) is 4.36. The largest absolute Gasteiger partial charge is 0.494 e. The maximum absolute atomic E-state index is 13.8. The third-order valence-electron chi connectivity index (χ3n) is 5.75. The van der Waals surface area contributed by atoms with Crippen molar-refractivity contribution in [3.8, 4) is 11.5 Å². The molecule has 1 aliphatic rings. The van der Waals surface area contributed by atoms with Crippen molar-refractivity contribution in [2.45, 2.75) is 39.8 Å². The zero-order valence-corrected chi connectivity index (χ0v) is 24.4. The van der Waals surface area contributed by atoms with Crippen LogP contribution in [0, 0.1) is 0 Å². The molecular formula is C28H26Cl2N2O7S. The molecule has 0 amide bonds. The number of allylic oxidation sites excluding steroid dienone is 1. The summed E-state index contributed by atoms with van der Waals surface area (Å²) in [5, 5.41) is 9.06. The van der Waals surface area contributed by atoms with Crippen molar-refractivity contribution < 1.29 is 28.9 Å². The van der Waals surface area contributed by atoms with Gasteiger partial charge in [-0.1, -0.05) is 46.7 Å². The van der Waals surface area contributed by atoms with Crippen LogP contribution in [0.5, 0.6) is 11.5 Å². The molecule has 2 aromatic carbocycles. The molecule has 1 aliphatic heterocycles. The minimum atomic E-state index is -1.17. The van der Waals surface area contributed by atoms with Crippen molar-refractivity contribution in [1.82, 2.24) is 4.57 Å². The van der Waals surface area contributed by atoms with Gasteiger partial charge in [0.05, 0.1) is 44.6 Å². The van der Waals surface area contributed by atoms with Crippen LogP contribution in [-0.4, -0.2) is 40.9 Å². The maximum atomic E-state index is 13.8. The third kappa shape index (κ3) is 6.24. The number of carbonyl (C=O) groups excluding carboxylic acids is 1. The van der Waals surface area contributed by atoms with Crippen LogP contribution in [0.25, 0.3) is 6.08 Å². The fraction of sp³-hybridized carbons (Fsp3) is 0.286. The standard InChI is InChI=1S/C28H26Cl2N2O7S/c1-5-37-18-8-6-17(7-9-18)24-23(27(36)39-14(2)3)15(4)31-28-32(24)26(35)21(40-28)12-16-10-19(29)25(20(30)11-16)38-13-22(33)34/h6-12,14,24H,5,13H2,1-4H3,(H,33,34)/b21-12+/t24-/m1/s1.